The third-order valence-corrected chi connectivity index (χ3v) is 12.9. The van der Waals surface area contributed by atoms with E-state index in [4.69, 9.17) is 0 Å². The maximum absolute atomic E-state index is 2.65. The monoisotopic (exact) mass is 716 g/mol. The molecule has 4 aliphatic carbocycles. The minimum absolute atomic E-state index is 0.0607. The molecule has 4 atom stereocenters. The zero-order valence-electron chi connectivity index (χ0n) is 33.2. The molecular weight excluding hydrogens is 665 g/mol. The second-order valence-electron chi connectivity index (χ2n) is 18.5. The summed E-state index contributed by atoms with van der Waals surface area (Å²) in [5.41, 5.74) is 16.5. The van der Waals surface area contributed by atoms with Crippen LogP contribution in [0.25, 0.3) is 27.4 Å². The molecule has 4 aromatic carbocycles. The van der Waals surface area contributed by atoms with Crippen molar-refractivity contribution in [2.45, 2.75) is 83.7 Å². The molecule has 0 spiro atoms. The van der Waals surface area contributed by atoms with Crippen LogP contribution in [-0.2, 0) is 17.4 Å². The van der Waals surface area contributed by atoms with Crippen molar-refractivity contribution in [2.24, 2.45) is 11.8 Å². The molecule has 5 aromatic rings. The summed E-state index contributed by atoms with van der Waals surface area (Å²) in [7, 11) is 0. The summed E-state index contributed by atoms with van der Waals surface area (Å²) in [6, 6.07) is 31.3. The van der Waals surface area contributed by atoms with Gasteiger partial charge < -0.3 is 9.47 Å². The van der Waals surface area contributed by atoms with Crippen molar-refractivity contribution in [3.63, 3.8) is 0 Å². The molecule has 1 aromatic heterocycles. The fourth-order valence-electron chi connectivity index (χ4n) is 9.94. The highest BCUT2D eigenvalue weighted by atomic mass is 15.2. The Labute approximate surface area is 327 Å². The Balaban J connectivity index is 1.17. The van der Waals surface area contributed by atoms with Gasteiger partial charge in [-0.2, -0.15) is 0 Å². The normalized spacial score (nSPS) is 22.7. The lowest BCUT2D eigenvalue weighted by Gasteiger charge is -2.31. The minimum atomic E-state index is 0.0607. The average molecular weight is 717 g/mol. The first kappa shape index (κ1) is 34.2. The number of hydrogen-bond acceptors (Lipinski definition) is 1. The Bertz CT molecular complexity index is 2580. The number of rotatable bonds is 4. The molecule has 2 heterocycles. The predicted octanol–water partition coefficient (Wildman–Crippen LogP) is 13.2. The van der Waals surface area contributed by atoms with Crippen LogP contribution in [0.1, 0.15) is 93.7 Å². The van der Waals surface area contributed by atoms with Crippen LogP contribution in [0.5, 0.6) is 0 Å². The first-order valence-electron chi connectivity index (χ1n) is 20.4. The molecule has 274 valence electrons. The fourth-order valence-corrected chi connectivity index (χ4v) is 9.94. The zero-order chi connectivity index (χ0) is 37.6. The summed E-state index contributed by atoms with van der Waals surface area (Å²) in [5, 5.41) is 2.65. The zero-order valence-corrected chi connectivity index (χ0v) is 33.2. The van der Waals surface area contributed by atoms with Gasteiger partial charge in [0.2, 0.25) is 0 Å². The molecule has 1 aliphatic heterocycles. The molecular formula is C53H52N2. The van der Waals surface area contributed by atoms with E-state index >= 15 is 0 Å². The van der Waals surface area contributed by atoms with E-state index in [0.717, 1.165) is 19.4 Å². The van der Waals surface area contributed by atoms with Crippen molar-refractivity contribution in [2.75, 3.05) is 4.90 Å². The molecule has 0 radical (unpaired) electrons. The number of fused-ring (bicyclic) bond motifs is 8. The van der Waals surface area contributed by atoms with E-state index in [1.165, 1.54) is 77.7 Å². The molecule has 0 bridgehead atoms. The quantitative estimate of drug-likeness (QED) is 0.180. The van der Waals surface area contributed by atoms with Gasteiger partial charge in [-0.3, -0.25) is 0 Å². The molecule has 10 rings (SSSR count). The maximum Gasteiger partial charge on any atom is 0.0626 e. The number of allylic oxidation sites excluding steroid dienone is 10. The van der Waals surface area contributed by atoms with Crippen LogP contribution in [0.4, 0.5) is 5.69 Å². The van der Waals surface area contributed by atoms with Gasteiger partial charge in [-0.25, -0.2) is 0 Å². The smallest absolute Gasteiger partial charge is 0.0626 e. The molecule has 0 saturated heterocycles. The molecule has 0 N–H and O–H groups in total. The summed E-state index contributed by atoms with van der Waals surface area (Å²) in [6.45, 7) is 14.8. The first-order chi connectivity index (χ1) is 26.5. The lowest BCUT2D eigenvalue weighted by molar-refractivity contribution is 0.566. The predicted molar refractivity (Wildman–Crippen MR) is 234 cm³/mol. The number of anilines is 1. The van der Waals surface area contributed by atoms with Gasteiger partial charge in [-0.05, 0) is 98.5 Å². The van der Waals surface area contributed by atoms with Gasteiger partial charge in [0, 0.05) is 57.5 Å². The van der Waals surface area contributed by atoms with Crippen LogP contribution in [0.15, 0.2) is 157 Å². The highest BCUT2D eigenvalue weighted by Crippen LogP contribution is 2.47. The van der Waals surface area contributed by atoms with Gasteiger partial charge in [0.1, 0.15) is 0 Å². The molecule has 0 saturated carbocycles. The summed E-state index contributed by atoms with van der Waals surface area (Å²) >= 11 is 0. The lowest BCUT2D eigenvalue weighted by Crippen LogP contribution is -2.32. The second kappa shape index (κ2) is 12.6. The molecule has 0 fully saturated rings. The fraction of sp³-hybridized carbons (Fsp3) is 0.283. The molecule has 2 heteroatoms. The summed E-state index contributed by atoms with van der Waals surface area (Å²) in [6.07, 6.45) is 27.9. The first-order valence-corrected chi connectivity index (χ1v) is 20.4. The molecule has 2 nitrogen and oxygen atoms in total. The Kier molecular flexibility index (Phi) is 7.83. The largest absolute Gasteiger partial charge is 0.337 e. The molecule has 4 unspecified atom stereocenters. The Morgan fingerprint density at radius 1 is 0.673 bits per heavy atom. The van der Waals surface area contributed by atoms with E-state index in [0.29, 0.717) is 23.8 Å². The topological polar surface area (TPSA) is 8.17 Å². The van der Waals surface area contributed by atoms with Gasteiger partial charge in [0.25, 0.3) is 0 Å². The Morgan fingerprint density at radius 2 is 1.36 bits per heavy atom. The van der Waals surface area contributed by atoms with Crippen molar-refractivity contribution in [1.29, 1.82) is 0 Å². The van der Waals surface area contributed by atoms with E-state index in [1.807, 2.05) is 0 Å². The third-order valence-electron chi connectivity index (χ3n) is 12.9. The summed E-state index contributed by atoms with van der Waals surface area (Å²) in [4.78, 5) is 2.65. The maximum atomic E-state index is 2.65. The van der Waals surface area contributed by atoms with Gasteiger partial charge in [-0.15, -0.1) is 0 Å². The average Bonchev–Trinajstić information content (AvgIpc) is 3.68. The SMILES string of the molecule is CC(C)(C)c1cc(Cn2c3ccc(C4=CC5C=CC=CC5c5ccccc54)cc3c3cc(N4C5=C(C=CCC5)C5C=CC=CC54)ccc32)cc(C(C)(C)C)c1. The van der Waals surface area contributed by atoms with Crippen LogP contribution in [0.2, 0.25) is 0 Å². The lowest BCUT2D eigenvalue weighted by atomic mass is 9.73. The molecule has 5 aliphatic rings. The van der Waals surface area contributed by atoms with E-state index in [2.05, 4.69) is 197 Å². The molecule has 55 heavy (non-hydrogen) atoms. The van der Waals surface area contributed by atoms with Crippen molar-refractivity contribution < 1.29 is 0 Å². The highest BCUT2D eigenvalue weighted by Gasteiger charge is 2.39. The van der Waals surface area contributed by atoms with Crippen molar-refractivity contribution in [3.8, 4) is 0 Å². The number of benzene rings is 4. The van der Waals surface area contributed by atoms with E-state index in [-0.39, 0.29) is 10.8 Å². The van der Waals surface area contributed by atoms with Crippen molar-refractivity contribution in [3.05, 3.63) is 190 Å². The van der Waals surface area contributed by atoms with Crippen molar-refractivity contribution >= 4 is 33.1 Å². The van der Waals surface area contributed by atoms with Gasteiger partial charge in [0.05, 0.1) is 6.04 Å². The van der Waals surface area contributed by atoms with Crippen LogP contribution >= 0.6 is 0 Å². The van der Waals surface area contributed by atoms with Gasteiger partial charge in [-0.1, -0.05) is 157 Å². The van der Waals surface area contributed by atoms with Crippen LogP contribution in [0, 0.1) is 11.8 Å². The number of hydrogen-bond donors (Lipinski definition) is 0. The highest BCUT2D eigenvalue weighted by molar-refractivity contribution is 6.10. The van der Waals surface area contributed by atoms with E-state index < -0.39 is 0 Å². The van der Waals surface area contributed by atoms with Crippen LogP contribution in [0.3, 0.4) is 0 Å². The molecule has 0 amide bonds. The van der Waals surface area contributed by atoms with Crippen molar-refractivity contribution in [1.82, 2.24) is 4.57 Å². The summed E-state index contributed by atoms with van der Waals surface area (Å²) in [5.74, 6) is 1.15. The van der Waals surface area contributed by atoms with E-state index in [1.54, 1.807) is 0 Å². The van der Waals surface area contributed by atoms with Gasteiger partial charge in [0.15, 0.2) is 0 Å². The third kappa shape index (κ3) is 5.67. The second-order valence-corrected chi connectivity index (χ2v) is 18.5. The van der Waals surface area contributed by atoms with Crippen LogP contribution < -0.4 is 4.90 Å². The number of aromatic nitrogens is 1. The van der Waals surface area contributed by atoms with Crippen LogP contribution in [-0.4, -0.2) is 10.6 Å². The van der Waals surface area contributed by atoms with Gasteiger partial charge >= 0.3 is 0 Å². The standard InChI is InChI=1S/C53H52N2/c1-52(2,3)37-27-34(28-38(31-37)53(4,5)6)33-54-48-25-23-36(45-29-35-15-7-8-16-40(35)41-17-9-10-18-42(41)45)30-46(48)47-32-39(24-26-49(47)54)55-50-21-13-11-19-43(50)44-20-12-14-22-51(44)55/h7-13,15-21,23-32,35,40,43,50H,14,22,33H2,1-6H3. The summed E-state index contributed by atoms with van der Waals surface area (Å²) < 4.78 is 2.59. The Hall–Kier alpha value is -5.34. The van der Waals surface area contributed by atoms with E-state index in [9.17, 15) is 0 Å². The minimum Gasteiger partial charge on any atom is -0.337 e. The number of nitrogens with zero attached hydrogens (tertiary/aromatic N) is 2. The Morgan fingerprint density at radius 3 is 2.15 bits per heavy atom.